The van der Waals surface area contributed by atoms with Crippen LogP contribution in [0.15, 0.2) is 38.6 Å². The first kappa shape index (κ1) is 13.9. The van der Waals surface area contributed by atoms with Gasteiger partial charge >= 0.3 is 4.87 Å². The van der Waals surface area contributed by atoms with Gasteiger partial charge in [0.05, 0.1) is 5.03 Å². The summed E-state index contributed by atoms with van der Waals surface area (Å²) >= 11 is 7.00. The summed E-state index contributed by atoms with van der Waals surface area (Å²) in [4.78, 5) is 16.4. The third-order valence-corrected chi connectivity index (χ3v) is 8.79. The van der Waals surface area contributed by atoms with Crippen molar-refractivity contribution < 1.29 is 0 Å². The average Bonchev–Trinajstić information content (AvgIpc) is 3.17. The van der Waals surface area contributed by atoms with Gasteiger partial charge in [0.2, 0.25) is 0 Å². The molecule has 2 heterocycles. The van der Waals surface area contributed by atoms with E-state index in [-0.39, 0.29) is 4.87 Å². The fraction of sp³-hybridized carbons (Fsp3) is 0.471. The molecule has 1 aliphatic heterocycles. The van der Waals surface area contributed by atoms with Crippen molar-refractivity contribution in [2.75, 3.05) is 0 Å². The minimum atomic E-state index is 0.102. The lowest BCUT2D eigenvalue weighted by Crippen LogP contribution is -2.33. The maximum absolute atomic E-state index is 11.9. The molecule has 0 amide bonds. The van der Waals surface area contributed by atoms with E-state index in [0.717, 1.165) is 21.3 Å². The predicted molar refractivity (Wildman–Crippen MR) is 94.9 cm³/mol. The molecule has 0 radical (unpaired) electrons. The van der Waals surface area contributed by atoms with Crippen molar-refractivity contribution >= 4 is 39.0 Å². The van der Waals surface area contributed by atoms with Crippen molar-refractivity contribution in [2.45, 2.75) is 35.5 Å². The van der Waals surface area contributed by atoms with Crippen LogP contribution in [0, 0.1) is 17.8 Å². The number of fused-ring (bicyclic) bond motifs is 6. The molecule has 4 unspecified atom stereocenters. The van der Waals surface area contributed by atoms with E-state index in [0.29, 0.717) is 17.1 Å². The van der Waals surface area contributed by atoms with Gasteiger partial charge in [-0.25, -0.2) is 0 Å². The van der Waals surface area contributed by atoms with Crippen LogP contribution < -0.4 is 4.87 Å². The SMILES string of the molecule is O=c1[nH]c2c(s1)[C@H](c1cccc(Br)c1)C1C3CCC(C3)C1S2. The lowest BCUT2D eigenvalue weighted by Gasteiger charge is -2.40. The molecule has 5 heteroatoms. The maximum Gasteiger partial charge on any atom is 0.305 e. The van der Waals surface area contributed by atoms with Gasteiger partial charge < -0.3 is 4.98 Å². The van der Waals surface area contributed by atoms with Crippen LogP contribution in [-0.4, -0.2) is 10.2 Å². The predicted octanol–water partition coefficient (Wildman–Crippen LogP) is 4.85. The Balaban J connectivity index is 1.70. The van der Waals surface area contributed by atoms with Crippen LogP contribution in [0.25, 0.3) is 0 Å². The molecule has 1 aromatic carbocycles. The van der Waals surface area contributed by atoms with Crippen LogP contribution in [0.3, 0.4) is 0 Å². The molecule has 2 fully saturated rings. The minimum Gasteiger partial charge on any atom is -0.307 e. The van der Waals surface area contributed by atoms with E-state index < -0.39 is 0 Å². The Hall–Kier alpha value is -0.520. The third-order valence-electron chi connectivity index (χ3n) is 5.67. The number of aromatic nitrogens is 1. The number of benzene rings is 1. The highest BCUT2D eigenvalue weighted by atomic mass is 79.9. The van der Waals surface area contributed by atoms with Crippen molar-refractivity contribution in [3.05, 3.63) is 48.8 Å². The lowest BCUT2D eigenvalue weighted by molar-refractivity contribution is 0.307. The molecule has 3 aliphatic rings. The molecule has 0 saturated heterocycles. The normalized spacial score (nSPS) is 35.4. The first-order valence-electron chi connectivity index (χ1n) is 7.86. The summed E-state index contributed by atoms with van der Waals surface area (Å²) < 4.78 is 1.13. The van der Waals surface area contributed by atoms with E-state index in [9.17, 15) is 4.79 Å². The number of nitrogens with one attached hydrogen (secondary N) is 1. The van der Waals surface area contributed by atoms with Gasteiger partial charge in [0.1, 0.15) is 0 Å². The Morgan fingerprint density at radius 3 is 2.95 bits per heavy atom. The fourth-order valence-electron chi connectivity index (χ4n) is 4.92. The number of hydrogen-bond acceptors (Lipinski definition) is 3. The van der Waals surface area contributed by atoms with Gasteiger partial charge in [-0.1, -0.05) is 39.4 Å². The topological polar surface area (TPSA) is 32.9 Å². The maximum atomic E-state index is 11.9. The highest BCUT2D eigenvalue weighted by Gasteiger charge is 2.54. The van der Waals surface area contributed by atoms with E-state index in [4.69, 9.17) is 0 Å². The molecule has 5 atom stereocenters. The van der Waals surface area contributed by atoms with E-state index in [1.54, 1.807) is 0 Å². The van der Waals surface area contributed by atoms with Crippen LogP contribution in [0.4, 0.5) is 0 Å². The Labute approximate surface area is 145 Å². The van der Waals surface area contributed by atoms with Gasteiger partial charge in [0.25, 0.3) is 0 Å². The van der Waals surface area contributed by atoms with Crippen LogP contribution in [0.2, 0.25) is 0 Å². The standard InChI is InChI=1S/C17H16BrNOS2/c18-11-3-1-2-8(7-11)13-12-9-4-5-10(6-9)14(12)21-16-15(13)22-17(20)19-16/h1-3,7,9-10,12-14H,4-6H2,(H,19,20)/t9?,10?,12?,13-,14?/m1/s1. The molecule has 2 aromatic rings. The Morgan fingerprint density at radius 2 is 2.09 bits per heavy atom. The summed E-state index contributed by atoms with van der Waals surface area (Å²) in [6.07, 6.45) is 4.16. The van der Waals surface area contributed by atoms with Crippen LogP contribution >= 0.6 is 39.0 Å². The Morgan fingerprint density at radius 1 is 1.23 bits per heavy atom. The zero-order valence-electron chi connectivity index (χ0n) is 11.9. The molecule has 2 saturated carbocycles. The number of aromatic amines is 1. The number of hydrogen-bond donors (Lipinski definition) is 1. The smallest absolute Gasteiger partial charge is 0.305 e. The molecular weight excluding hydrogens is 378 g/mol. The van der Waals surface area contributed by atoms with E-state index in [2.05, 4.69) is 45.2 Å². The highest BCUT2D eigenvalue weighted by molar-refractivity contribution is 9.10. The Bertz CT molecular complexity index is 798. The van der Waals surface area contributed by atoms with E-state index in [1.165, 1.54) is 41.0 Å². The number of halogens is 1. The molecule has 2 nitrogen and oxygen atoms in total. The number of rotatable bonds is 1. The summed E-state index contributed by atoms with van der Waals surface area (Å²) in [6, 6.07) is 8.69. The van der Waals surface area contributed by atoms with Crippen LogP contribution in [0.1, 0.15) is 35.6 Å². The van der Waals surface area contributed by atoms with Gasteiger partial charge in [-0.3, -0.25) is 4.79 Å². The zero-order valence-corrected chi connectivity index (χ0v) is 15.1. The zero-order chi connectivity index (χ0) is 14.8. The van der Waals surface area contributed by atoms with Crippen molar-refractivity contribution in [2.24, 2.45) is 17.8 Å². The highest BCUT2D eigenvalue weighted by Crippen LogP contribution is 2.63. The summed E-state index contributed by atoms with van der Waals surface area (Å²) in [5.41, 5.74) is 1.37. The summed E-state index contributed by atoms with van der Waals surface area (Å²) in [7, 11) is 0. The molecule has 2 aliphatic carbocycles. The molecule has 5 rings (SSSR count). The number of H-pyrrole nitrogens is 1. The van der Waals surface area contributed by atoms with E-state index in [1.807, 2.05) is 11.8 Å². The third kappa shape index (κ3) is 1.95. The first-order valence-corrected chi connectivity index (χ1v) is 10.3. The molecule has 1 aromatic heterocycles. The fourth-order valence-corrected chi connectivity index (χ4v) is 8.23. The van der Waals surface area contributed by atoms with Crippen LogP contribution in [0.5, 0.6) is 0 Å². The summed E-state index contributed by atoms with van der Waals surface area (Å²) in [6.45, 7) is 0. The van der Waals surface area contributed by atoms with Gasteiger partial charge in [-0.15, -0.1) is 11.8 Å². The molecule has 114 valence electrons. The molecule has 2 bridgehead atoms. The second-order valence-electron chi connectivity index (χ2n) is 6.73. The van der Waals surface area contributed by atoms with Gasteiger partial charge in [-0.05, 0) is 54.7 Å². The Kier molecular flexibility index (Phi) is 3.15. The summed E-state index contributed by atoms with van der Waals surface area (Å²) in [5, 5.41) is 1.84. The lowest BCUT2D eigenvalue weighted by atomic mass is 9.75. The second-order valence-corrected chi connectivity index (χ2v) is 9.85. The monoisotopic (exact) mass is 393 g/mol. The van der Waals surface area contributed by atoms with Gasteiger partial charge in [-0.2, -0.15) is 0 Å². The first-order chi connectivity index (χ1) is 10.7. The minimum absolute atomic E-state index is 0.102. The number of thiazole rings is 1. The summed E-state index contributed by atoms with van der Waals surface area (Å²) in [5.74, 6) is 2.80. The van der Waals surface area contributed by atoms with E-state index >= 15 is 0 Å². The quantitative estimate of drug-likeness (QED) is 0.750. The largest absolute Gasteiger partial charge is 0.307 e. The molecule has 1 N–H and O–H groups in total. The van der Waals surface area contributed by atoms with Gasteiger partial charge in [0, 0.05) is 20.5 Å². The number of thioether (sulfide) groups is 1. The average molecular weight is 394 g/mol. The van der Waals surface area contributed by atoms with Crippen molar-refractivity contribution in [1.29, 1.82) is 0 Å². The van der Waals surface area contributed by atoms with Crippen LogP contribution in [-0.2, 0) is 0 Å². The van der Waals surface area contributed by atoms with Crippen molar-refractivity contribution in [3.63, 3.8) is 0 Å². The molecule has 22 heavy (non-hydrogen) atoms. The molecular formula is C17H16BrNOS2. The van der Waals surface area contributed by atoms with Crippen molar-refractivity contribution in [1.82, 2.24) is 4.98 Å². The van der Waals surface area contributed by atoms with Crippen molar-refractivity contribution in [3.8, 4) is 0 Å². The van der Waals surface area contributed by atoms with Gasteiger partial charge in [0.15, 0.2) is 0 Å². The second kappa shape index (κ2) is 4.99. The molecule has 0 spiro atoms.